The molecule has 1 unspecified atom stereocenters. The highest BCUT2D eigenvalue weighted by molar-refractivity contribution is 5.74. The highest BCUT2D eigenvalue weighted by Crippen LogP contribution is 2.31. The molecule has 120 valence electrons. The number of carbonyl (C=O) groups excluding carboxylic acids is 1. The third-order valence-corrected chi connectivity index (χ3v) is 4.84. The maximum atomic E-state index is 13.4. The van der Waals surface area contributed by atoms with Crippen LogP contribution in [0.15, 0.2) is 18.2 Å². The lowest BCUT2D eigenvalue weighted by molar-refractivity contribution is 0.0500. The SMILES string of the molecule is O=C(NCC1(O)CCCC1)NC1CCCc2ccc(F)cc21. The molecule has 0 aliphatic heterocycles. The molecular formula is C17H23FN2O2. The van der Waals surface area contributed by atoms with Crippen LogP contribution in [0, 0.1) is 5.82 Å². The van der Waals surface area contributed by atoms with E-state index in [4.69, 9.17) is 0 Å². The van der Waals surface area contributed by atoms with Crippen molar-refractivity contribution in [2.45, 2.75) is 56.6 Å². The summed E-state index contributed by atoms with van der Waals surface area (Å²) < 4.78 is 13.4. The Balaban J connectivity index is 1.59. The number of hydrogen-bond donors (Lipinski definition) is 3. The molecule has 3 rings (SSSR count). The van der Waals surface area contributed by atoms with E-state index < -0.39 is 5.60 Å². The van der Waals surface area contributed by atoms with Gasteiger partial charge in [-0.3, -0.25) is 0 Å². The van der Waals surface area contributed by atoms with Crippen molar-refractivity contribution in [3.63, 3.8) is 0 Å². The molecular weight excluding hydrogens is 283 g/mol. The Morgan fingerprint density at radius 1 is 1.32 bits per heavy atom. The highest BCUT2D eigenvalue weighted by atomic mass is 19.1. The third-order valence-electron chi connectivity index (χ3n) is 4.84. The minimum Gasteiger partial charge on any atom is -0.388 e. The molecule has 3 N–H and O–H groups in total. The number of hydrogen-bond acceptors (Lipinski definition) is 2. The van der Waals surface area contributed by atoms with Crippen LogP contribution in [0.4, 0.5) is 9.18 Å². The van der Waals surface area contributed by atoms with Crippen LogP contribution in [-0.4, -0.2) is 23.3 Å². The first-order valence-electron chi connectivity index (χ1n) is 8.11. The molecule has 0 saturated heterocycles. The summed E-state index contributed by atoms with van der Waals surface area (Å²) >= 11 is 0. The number of rotatable bonds is 3. The molecule has 0 spiro atoms. The molecule has 2 amide bonds. The number of carbonyl (C=O) groups is 1. The maximum absolute atomic E-state index is 13.4. The van der Waals surface area contributed by atoms with E-state index >= 15 is 0 Å². The molecule has 5 heteroatoms. The molecule has 0 bridgehead atoms. The van der Waals surface area contributed by atoms with Crippen molar-refractivity contribution in [3.05, 3.63) is 35.1 Å². The van der Waals surface area contributed by atoms with Gasteiger partial charge >= 0.3 is 6.03 Å². The van der Waals surface area contributed by atoms with Crippen LogP contribution in [0.2, 0.25) is 0 Å². The lowest BCUT2D eigenvalue weighted by atomic mass is 9.87. The normalized spacial score (nSPS) is 22.9. The van der Waals surface area contributed by atoms with Gasteiger partial charge in [0.25, 0.3) is 0 Å². The molecule has 4 nitrogen and oxygen atoms in total. The van der Waals surface area contributed by atoms with Gasteiger partial charge in [-0.2, -0.15) is 0 Å². The Labute approximate surface area is 130 Å². The third kappa shape index (κ3) is 3.40. The Morgan fingerprint density at radius 2 is 2.09 bits per heavy atom. The zero-order chi connectivity index (χ0) is 15.6. The number of amides is 2. The molecule has 0 radical (unpaired) electrons. The van der Waals surface area contributed by atoms with E-state index in [1.54, 1.807) is 6.07 Å². The van der Waals surface area contributed by atoms with Crippen LogP contribution in [0.25, 0.3) is 0 Å². The fourth-order valence-electron chi connectivity index (χ4n) is 3.58. The number of fused-ring (bicyclic) bond motifs is 1. The van der Waals surface area contributed by atoms with E-state index in [9.17, 15) is 14.3 Å². The van der Waals surface area contributed by atoms with Gasteiger partial charge in [0, 0.05) is 6.54 Å². The zero-order valence-corrected chi connectivity index (χ0v) is 12.7. The first-order chi connectivity index (χ1) is 10.6. The second kappa shape index (κ2) is 6.24. The van der Waals surface area contributed by atoms with Gasteiger partial charge in [-0.05, 0) is 55.4 Å². The van der Waals surface area contributed by atoms with E-state index in [1.165, 1.54) is 12.1 Å². The van der Waals surface area contributed by atoms with Crippen LogP contribution < -0.4 is 10.6 Å². The quantitative estimate of drug-likeness (QED) is 0.804. The van der Waals surface area contributed by atoms with Gasteiger partial charge in [-0.15, -0.1) is 0 Å². The fraction of sp³-hybridized carbons (Fsp3) is 0.588. The standard InChI is InChI=1S/C17H23FN2O2/c18-13-7-6-12-4-3-5-15(14(12)10-13)20-16(21)19-11-17(22)8-1-2-9-17/h6-7,10,15,22H,1-5,8-9,11H2,(H2,19,20,21). The van der Waals surface area contributed by atoms with Crippen molar-refractivity contribution >= 4 is 6.03 Å². The lowest BCUT2D eigenvalue weighted by Gasteiger charge is -2.28. The van der Waals surface area contributed by atoms with Crippen molar-refractivity contribution in [3.8, 4) is 0 Å². The summed E-state index contributed by atoms with van der Waals surface area (Å²) in [6, 6.07) is 4.35. The lowest BCUT2D eigenvalue weighted by Crippen LogP contribution is -2.46. The van der Waals surface area contributed by atoms with Gasteiger partial charge in [0.15, 0.2) is 0 Å². The van der Waals surface area contributed by atoms with Crippen LogP contribution in [0.3, 0.4) is 0 Å². The predicted octanol–water partition coefficient (Wildman–Crippen LogP) is 2.81. The summed E-state index contributed by atoms with van der Waals surface area (Å²) in [5.41, 5.74) is 1.22. The van der Waals surface area contributed by atoms with Gasteiger partial charge in [-0.25, -0.2) is 9.18 Å². The molecule has 0 aromatic heterocycles. The molecule has 22 heavy (non-hydrogen) atoms. The Hall–Kier alpha value is -1.62. The smallest absolute Gasteiger partial charge is 0.315 e. The summed E-state index contributed by atoms with van der Waals surface area (Å²) in [6.07, 6.45) is 6.22. The van der Waals surface area contributed by atoms with Crippen molar-refractivity contribution in [1.82, 2.24) is 10.6 Å². The first-order valence-corrected chi connectivity index (χ1v) is 8.11. The average molecular weight is 306 g/mol. The Bertz CT molecular complexity index is 556. The topological polar surface area (TPSA) is 61.4 Å². The van der Waals surface area contributed by atoms with E-state index in [1.807, 2.05) is 0 Å². The van der Waals surface area contributed by atoms with Crippen molar-refractivity contribution in [2.24, 2.45) is 0 Å². The number of aryl methyl sites for hydroxylation is 1. The predicted molar refractivity (Wildman–Crippen MR) is 82.0 cm³/mol. The first kappa shape index (κ1) is 15.3. The second-order valence-corrected chi connectivity index (χ2v) is 6.55. The molecule has 1 aromatic rings. The summed E-state index contributed by atoms with van der Waals surface area (Å²) in [5.74, 6) is -0.270. The van der Waals surface area contributed by atoms with Gasteiger partial charge in [0.05, 0.1) is 11.6 Å². The van der Waals surface area contributed by atoms with Gasteiger partial charge in [0.1, 0.15) is 5.82 Å². The van der Waals surface area contributed by atoms with E-state index in [0.717, 1.165) is 56.1 Å². The molecule has 1 saturated carbocycles. The minimum absolute atomic E-state index is 0.155. The molecule has 2 aliphatic rings. The summed E-state index contributed by atoms with van der Waals surface area (Å²) in [4.78, 5) is 12.1. The van der Waals surface area contributed by atoms with E-state index in [2.05, 4.69) is 10.6 Å². The monoisotopic (exact) mass is 306 g/mol. The van der Waals surface area contributed by atoms with Crippen LogP contribution in [-0.2, 0) is 6.42 Å². The number of halogens is 1. The average Bonchev–Trinajstić information content (AvgIpc) is 2.93. The largest absolute Gasteiger partial charge is 0.388 e. The van der Waals surface area contributed by atoms with E-state index in [0.29, 0.717) is 0 Å². The Morgan fingerprint density at radius 3 is 2.86 bits per heavy atom. The van der Waals surface area contributed by atoms with Gasteiger partial charge < -0.3 is 15.7 Å². The van der Waals surface area contributed by atoms with Crippen LogP contribution in [0.1, 0.15) is 55.7 Å². The number of nitrogens with one attached hydrogen (secondary N) is 2. The van der Waals surface area contributed by atoms with E-state index in [-0.39, 0.29) is 24.4 Å². The minimum atomic E-state index is -0.756. The summed E-state index contributed by atoms with van der Waals surface area (Å²) in [7, 11) is 0. The van der Waals surface area contributed by atoms with Gasteiger partial charge in [-0.1, -0.05) is 18.9 Å². The van der Waals surface area contributed by atoms with Gasteiger partial charge in [0.2, 0.25) is 0 Å². The molecule has 1 atom stereocenters. The van der Waals surface area contributed by atoms with Crippen LogP contribution in [0.5, 0.6) is 0 Å². The van der Waals surface area contributed by atoms with Crippen LogP contribution >= 0.6 is 0 Å². The molecule has 1 aromatic carbocycles. The highest BCUT2D eigenvalue weighted by Gasteiger charge is 2.31. The maximum Gasteiger partial charge on any atom is 0.315 e. The number of urea groups is 1. The van der Waals surface area contributed by atoms with Crippen molar-refractivity contribution < 1.29 is 14.3 Å². The number of benzene rings is 1. The Kier molecular flexibility index (Phi) is 4.34. The fourth-order valence-corrected chi connectivity index (χ4v) is 3.58. The molecule has 1 fully saturated rings. The summed E-state index contributed by atoms with van der Waals surface area (Å²) in [6.45, 7) is 0.279. The van der Waals surface area contributed by atoms with Crippen molar-refractivity contribution in [2.75, 3.05) is 6.54 Å². The summed E-state index contributed by atoms with van der Waals surface area (Å²) in [5, 5.41) is 15.9. The second-order valence-electron chi connectivity index (χ2n) is 6.55. The zero-order valence-electron chi connectivity index (χ0n) is 12.7. The number of aliphatic hydroxyl groups is 1. The molecule has 2 aliphatic carbocycles. The van der Waals surface area contributed by atoms with Crippen molar-refractivity contribution in [1.29, 1.82) is 0 Å². The molecule has 0 heterocycles.